The molecule has 0 aliphatic heterocycles. The molecule has 0 heterocycles. The Hall–Kier alpha value is -0.790. The third-order valence-electron chi connectivity index (χ3n) is 2.78. The van der Waals surface area contributed by atoms with E-state index in [1.54, 1.807) is 0 Å². The fourth-order valence-electron chi connectivity index (χ4n) is 2.20. The third-order valence-corrected chi connectivity index (χ3v) is 2.78. The van der Waals surface area contributed by atoms with E-state index in [4.69, 9.17) is 4.74 Å². The maximum absolute atomic E-state index is 11.1. The Balaban J connectivity index is 2.08. The maximum atomic E-state index is 11.1. The number of fused-ring (bicyclic) bond motifs is 2. The number of esters is 1. The molecule has 2 bridgehead atoms. The highest BCUT2D eigenvalue weighted by molar-refractivity contribution is 5.73. The van der Waals surface area contributed by atoms with E-state index in [2.05, 4.69) is 12.2 Å². The lowest BCUT2D eigenvalue weighted by molar-refractivity contribution is -0.146. The molecule has 0 aromatic rings. The van der Waals surface area contributed by atoms with E-state index in [0.717, 1.165) is 6.42 Å². The van der Waals surface area contributed by atoms with Gasteiger partial charge >= 0.3 is 5.97 Å². The van der Waals surface area contributed by atoms with Crippen molar-refractivity contribution in [1.82, 2.24) is 0 Å². The van der Waals surface area contributed by atoms with E-state index in [0.29, 0.717) is 11.8 Å². The van der Waals surface area contributed by atoms with Crippen molar-refractivity contribution in [2.75, 3.05) is 7.11 Å². The van der Waals surface area contributed by atoms with Gasteiger partial charge in [0, 0.05) is 0 Å². The van der Waals surface area contributed by atoms with E-state index in [9.17, 15) is 4.79 Å². The summed E-state index contributed by atoms with van der Waals surface area (Å²) in [7, 11) is 1.47. The van der Waals surface area contributed by atoms with Crippen LogP contribution in [0.1, 0.15) is 12.8 Å². The van der Waals surface area contributed by atoms with Gasteiger partial charge in [0.1, 0.15) is 0 Å². The first-order valence-electron chi connectivity index (χ1n) is 4.07. The van der Waals surface area contributed by atoms with Gasteiger partial charge in [-0.15, -0.1) is 0 Å². The standard InChI is InChI=1S/C9H12O2/c1-11-9(10)8-5-6-2-3-7(8)4-6/h2-3,6-8H,4-5H2,1H3/t6?,7-,8-/m1/s1. The zero-order valence-electron chi connectivity index (χ0n) is 6.62. The minimum absolute atomic E-state index is 0.0261. The first-order valence-corrected chi connectivity index (χ1v) is 4.07. The summed E-state index contributed by atoms with van der Waals surface area (Å²) in [5.74, 6) is 1.27. The Morgan fingerprint density at radius 1 is 1.45 bits per heavy atom. The topological polar surface area (TPSA) is 26.3 Å². The van der Waals surface area contributed by atoms with Crippen molar-refractivity contribution in [1.29, 1.82) is 0 Å². The van der Waals surface area contributed by atoms with E-state index >= 15 is 0 Å². The molecule has 1 saturated carbocycles. The van der Waals surface area contributed by atoms with E-state index in [1.807, 2.05) is 0 Å². The zero-order valence-corrected chi connectivity index (χ0v) is 6.62. The lowest BCUT2D eigenvalue weighted by Crippen LogP contribution is -2.19. The summed E-state index contributed by atoms with van der Waals surface area (Å²) >= 11 is 0. The number of hydrogen-bond donors (Lipinski definition) is 0. The molecule has 2 heteroatoms. The van der Waals surface area contributed by atoms with Crippen LogP contribution in [0.4, 0.5) is 0 Å². The van der Waals surface area contributed by atoms with Crippen molar-refractivity contribution in [3.8, 4) is 0 Å². The Labute approximate surface area is 66.2 Å². The molecule has 60 valence electrons. The van der Waals surface area contributed by atoms with Gasteiger partial charge in [-0.2, -0.15) is 0 Å². The second-order valence-electron chi connectivity index (χ2n) is 3.41. The lowest BCUT2D eigenvalue weighted by atomic mass is 9.94. The highest BCUT2D eigenvalue weighted by Gasteiger charge is 2.40. The second kappa shape index (κ2) is 2.36. The van der Waals surface area contributed by atoms with Crippen LogP contribution in [0.15, 0.2) is 12.2 Å². The molecule has 1 unspecified atom stereocenters. The van der Waals surface area contributed by atoms with Gasteiger partial charge < -0.3 is 4.74 Å². The van der Waals surface area contributed by atoms with Crippen molar-refractivity contribution < 1.29 is 9.53 Å². The summed E-state index contributed by atoms with van der Waals surface area (Å²) in [5.41, 5.74) is 0. The summed E-state index contributed by atoms with van der Waals surface area (Å²) in [6.45, 7) is 0. The monoisotopic (exact) mass is 152 g/mol. The van der Waals surface area contributed by atoms with E-state index < -0.39 is 0 Å². The van der Waals surface area contributed by atoms with Gasteiger partial charge in [-0.05, 0) is 24.7 Å². The number of hydrogen-bond acceptors (Lipinski definition) is 2. The number of ether oxygens (including phenoxy) is 1. The van der Waals surface area contributed by atoms with Crippen molar-refractivity contribution in [3.63, 3.8) is 0 Å². The molecule has 2 nitrogen and oxygen atoms in total. The molecular formula is C9H12O2. The molecule has 0 radical (unpaired) electrons. The smallest absolute Gasteiger partial charge is 0.309 e. The Morgan fingerprint density at radius 3 is 2.73 bits per heavy atom. The minimum atomic E-state index is -0.0261. The molecule has 11 heavy (non-hydrogen) atoms. The predicted octanol–water partition coefficient (Wildman–Crippen LogP) is 1.37. The van der Waals surface area contributed by atoms with Gasteiger partial charge in [0.15, 0.2) is 0 Å². The lowest BCUT2D eigenvalue weighted by Gasteiger charge is -2.14. The molecule has 2 aliphatic rings. The summed E-state index contributed by atoms with van der Waals surface area (Å²) in [5, 5.41) is 0. The van der Waals surface area contributed by atoms with Crippen LogP contribution in [0.5, 0.6) is 0 Å². The maximum Gasteiger partial charge on any atom is 0.309 e. The van der Waals surface area contributed by atoms with Crippen molar-refractivity contribution in [2.45, 2.75) is 12.8 Å². The molecule has 3 atom stereocenters. The SMILES string of the molecule is COC(=O)[C@@H]1CC2C=C[C@@H]1C2. The van der Waals surface area contributed by atoms with Crippen LogP contribution in [-0.4, -0.2) is 13.1 Å². The van der Waals surface area contributed by atoms with Gasteiger partial charge in [0.2, 0.25) is 0 Å². The molecular weight excluding hydrogens is 140 g/mol. The number of methoxy groups -OCH3 is 1. The number of rotatable bonds is 1. The zero-order chi connectivity index (χ0) is 7.84. The second-order valence-corrected chi connectivity index (χ2v) is 3.41. The summed E-state index contributed by atoms with van der Waals surface area (Å²) in [6.07, 6.45) is 6.56. The molecule has 0 N–H and O–H groups in total. The van der Waals surface area contributed by atoms with Gasteiger partial charge in [-0.25, -0.2) is 0 Å². The first-order chi connectivity index (χ1) is 5.31. The summed E-state index contributed by atoms with van der Waals surface area (Å²) in [6, 6.07) is 0. The van der Waals surface area contributed by atoms with Crippen LogP contribution in [-0.2, 0) is 9.53 Å². The van der Waals surface area contributed by atoms with Crippen LogP contribution in [0, 0.1) is 17.8 Å². The normalized spacial score (nSPS) is 39.5. The van der Waals surface area contributed by atoms with Crippen LogP contribution >= 0.6 is 0 Å². The summed E-state index contributed by atoms with van der Waals surface area (Å²) < 4.78 is 4.71. The average Bonchev–Trinajstić information content (AvgIpc) is 2.62. The molecule has 1 fully saturated rings. The Kier molecular flexibility index (Phi) is 1.48. The largest absolute Gasteiger partial charge is 0.469 e. The van der Waals surface area contributed by atoms with Gasteiger partial charge in [-0.3, -0.25) is 4.79 Å². The minimum Gasteiger partial charge on any atom is -0.469 e. The molecule has 0 aromatic heterocycles. The first kappa shape index (κ1) is 6.89. The van der Waals surface area contributed by atoms with E-state index in [-0.39, 0.29) is 11.9 Å². The van der Waals surface area contributed by atoms with Crippen LogP contribution < -0.4 is 0 Å². The molecule has 0 aromatic carbocycles. The highest BCUT2D eigenvalue weighted by atomic mass is 16.5. The van der Waals surface area contributed by atoms with Crippen LogP contribution in [0.25, 0.3) is 0 Å². The van der Waals surface area contributed by atoms with Gasteiger partial charge in [-0.1, -0.05) is 12.2 Å². The molecule has 0 amide bonds. The van der Waals surface area contributed by atoms with Crippen molar-refractivity contribution in [2.24, 2.45) is 17.8 Å². The quantitative estimate of drug-likeness (QED) is 0.419. The van der Waals surface area contributed by atoms with E-state index in [1.165, 1.54) is 13.5 Å². The van der Waals surface area contributed by atoms with Gasteiger partial charge in [0.25, 0.3) is 0 Å². The van der Waals surface area contributed by atoms with Crippen LogP contribution in [0.2, 0.25) is 0 Å². The fourth-order valence-corrected chi connectivity index (χ4v) is 2.20. The van der Waals surface area contributed by atoms with Crippen molar-refractivity contribution in [3.05, 3.63) is 12.2 Å². The van der Waals surface area contributed by atoms with Crippen molar-refractivity contribution >= 4 is 5.97 Å². The molecule has 2 aliphatic carbocycles. The van der Waals surface area contributed by atoms with Crippen LogP contribution in [0.3, 0.4) is 0 Å². The van der Waals surface area contributed by atoms with Gasteiger partial charge in [0.05, 0.1) is 13.0 Å². The Morgan fingerprint density at radius 2 is 2.27 bits per heavy atom. The molecule has 0 spiro atoms. The Bertz CT molecular complexity index is 208. The summed E-state index contributed by atoms with van der Waals surface area (Å²) in [4.78, 5) is 11.1. The molecule has 0 saturated heterocycles. The fraction of sp³-hybridized carbons (Fsp3) is 0.667. The highest BCUT2D eigenvalue weighted by Crippen LogP contribution is 2.43. The third kappa shape index (κ3) is 0.971. The number of carbonyl (C=O) groups is 1. The average molecular weight is 152 g/mol. The number of carbonyl (C=O) groups excluding carboxylic acids is 1. The predicted molar refractivity (Wildman–Crippen MR) is 40.9 cm³/mol. The number of allylic oxidation sites excluding steroid dienone is 2. The molecule has 2 rings (SSSR count).